The van der Waals surface area contributed by atoms with E-state index in [1.165, 1.54) is 0 Å². The molecule has 6 atom stereocenters. The number of benzene rings is 3. The lowest BCUT2D eigenvalue weighted by Crippen LogP contribution is -2.48. The lowest BCUT2D eigenvalue weighted by atomic mass is 9.80. The fourth-order valence-electron chi connectivity index (χ4n) is 7.46. The second-order valence-electron chi connectivity index (χ2n) is 22.9. The Bertz CT molecular complexity index is 1720. The van der Waals surface area contributed by atoms with E-state index in [1.807, 2.05) is 0 Å². The Morgan fingerprint density at radius 3 is 1.37 bits per heavy atom. The standard InChI is InChI=1S/C55H90O5Si3/c1-43(31-29-41-57-55(46-32-22-19-23-33-46,47-34-24-20-25-35-47)48-36-26-21-27-37-48)50(59-62(15,16)53(7,8)9)42-49(58-61(13,14)52(4,5)6)39-38-45(3)51(44(2)30-28-40-56)60-63(17,18)54(10,11)12/h19-27,29,31-39,43-45,49-51,56H,28,30,40-42H2,1-18H3/t43-,44+,45+,49-,50+,51-/m1/s1. The molecule has 0 radical (unpaired) electrons. The van der Waals surface area contributed by atoms with E-state index < -0.39 is 30.6 Å². The highest BCUT2D eigenvalue weighted by atomic mass is 28.4. The van der Waals surface area contributed by atoms with Gasteiger partial charge >= 0.3 is 0 Å². The molecule has 0 bridgehead atoms. The van der Waals surface area contributed by atoms with E-state index in [0.717, 1.165) is 36.0 Å². The summed E-state index contributed by atoms with van der Waals surface area (Å²) in [5.74, 6) is 0.551. The molecule has 3 aromatic carbocycles. The van der Waals surface area contributed by atoms with E-state index >= 15 is 0 Å². The van der Waals surface area contributed by atoms with Crippen LogP contribution in [0.15, 0.2) is 115 Å². The largest absolute Gasteiger partial charge is 0.413 e. The van der Waals surface area contributed by atoms with Gasteiger partial charge in [-0.1, -0.05) is 198 Å². The van der Waals surface area contributed by atoms with Crippen molar-refractivity contribution in [2.75, 3.05) is 13.2 Å². The fraction of sp³-hybridized carbons (Fsp3) is 0.600. The van der Waals surface area contributed by atoms with Gasteiger partial charge in [0.05, 0.1) is 24.9 Å². The number of aliphatic hydroxyl groups excluding tert-OH is 1. The predicted octanol–water partition coefficient (Wildman–Crippen LogP) is 15.3. The summed E-state index contributed by atoms with van der Waals surface area (Å²) in [4.78, 5) is 0. The molecule has 0 saturated carbocycles. The number of ether oxygens (including phenoxy) is 1. The molecule has 0 aliphatic rings. The van der Waals surface area contributed by atoms with Gasteiger partial charge in [0.2, 0.25) is 0 Å². The normalized spacial score (nSPS) is 16.9. The summed E-state index contributed by atoms with van der Waals surface area (Å²) in [7, 11) is -6.49. The van der Waals surface area contributed by atoms with Crippen molar-refractivity contribution >= 4 is 25.0 Å². The average molecular weight is 916 g/mol. The highest BCUT2D eigenvalue weighted by Crippen LogP contribution is 2.44. The Kier molecular flexibility index (Phi) is 19.9. The fourth-order valence-corrected chi connectivity index (χ4v) is 11.6. The van der Waals surface area contributed by atoms with Gasteiger partial charge in [-0.05, 0) is 102 Å². The smallest absolute Gasteiger partial charge is 0.192 e. The molecule has 0 fully saturated rings. The molecule has 0 saturated heterocycles. The quantitative estimate of drug-likeness (QED) is 0.0583. The van der Waals surface area contributed by atoms with Crippen LogP contribution in [0.2, 0.25) is 54.4 Å². The summed E-state index contributed by atoms with van der Waals surface area (Å²) >= 11 is 0. The van der Waals surface area contributed by atoms with Crippen molar-refractivity contribution in [1.29, 1.82) is 0 Å². The average Bonchev–Trinajstić information content (AvgIpc) is 3.20. The molecule has 0 unspecified atom stereocenters. The van der Waals surface area contributed by atoms with Crippen molar-refractivity contribution in [2.24, 2.45) is 17.8 Å². The Balaban J connectivity index is 2.08. The zero-order valence-corrected chi connectivity index (χ0v) is 46.0. The number of hydrogen-bond acceptors (Lipinski definition) is 5. The molecule has 1 N–H and O–H groups in total. The molecule has 8 heteroatoms. The minimum absolute atomic E-state index is 0.0393. The second-order valence-corrected chi connectivity index (χ2v) is 37.1. The second kappa shape index (κ2) is 22.9. The SMILES string of the molecule is C[C@H](C=CCOC(c1ccccc1)(c1ccccc1)c1ccccc1)[C@H](C[C@@H](C=C[C@H](C)[C@H](O[Si](C)(C)C(C)(C)C)[C@@H](C)CCCO)O[Si](C)(C)C(C)(C)C)O[Si](C)(C)C(C)(C)C. The van der Waals surface area contributed by atoms with Crippen molar-refractivity contribution in [2.45, 2.75) is 181 Å². The first-order valence-corrected chi connectivity index (χ1v) is 32.6. The molecule has 352 valence electrons. The third-order valence-electron chi connectivity index (χ3n) is 14.7. The maximum Gasteiger partial charge on any atom is 0.192 e. The zero-order chi connectivity index (χ0) is 47.5. The van der Waals surface area contributed by atoms with E-state index in [0.29, 0.717) is 12.5 Å². The number of hydrogen-bond donors (Lipinski definition) is 1. The van der Waals surface area contributed by atoms with Gasteiger partial charge in [-0.2, -0.15) is 0 Å². The summed E-state index contributed by atoms with van der Waals surface area (Å²) in [6.07, 6.45) is 11.5. The minimum Gasteiger partial charge on any atom is -0.413 e. The van der Waals surface area contributed by atoms with Gasteiger partial charge in [0, 0.05) is 13.0 Å². The lowest BCUT2D eigenvalue weighted by Gasteiger charge is -2.43. The Hall–Kier alpha value is -2.41. The van der Waals surface area contributed by atoms with E-state index in [-0.39, 0.29) is 51.9 Å². The maximum absolute atomic E-state index is 9.77. The topological polar surface area (TPSA) is 57.2 Å². The molecule has 3 aromatic rings. The maximum atomic E-state index is 9.77. The van der Waals surface area contributed by atoms with Crippen molar-refractivity contribution < 1.29 is 23.1 Å². The molecular formula is C55H90O5Si3. The van der Waals surface area contributed by atoms with Gasteiger partial charge in [-0.15, -0.1) is 0 Å². The minimum atomic E-state index is -2.21. The zero-order valence-electron chi connectivity index (χ0n) is 43.0. The Morgan fingerprint density at radius 2 is 0.952 bits per heavy atom. The Morgan fingerprint density at radius 1 is 0.540 bits per heavy atom. The molecule has 0 aliphatic heterocycles. The van der Waals surface area contributed by atoms with Crippen molar-refractivity contribution in [1.82, 2.24) is 0 Å². The van der Waals surface area contributed by atoms with Gasteiger partial charge in [-0.3, -0.25) is 0 Å². The third kappa shape index (κ3) is 15.1. The van der Waals surface area contributed by atoms with Crippen LogP contribution in [0.1, 0.15) is 119 Å². The van der Waals surface area contributed by atoms with Crippen molar-refractivity contribution in [3.05, 3.63) is 132 Å². The first kappa shape index (κ1) is 54.9. The summed E-state index contributed by atoms with van der Waals surface area (Å²) < 4.78 is 29.2. The molecular weight excluding hydrogens is 825 g/mol. The third-order valence-corrected chi connectivity index (χ3v) is 28.2. The predicted molar refractivity (Wildman–Crippen MR) is 278 cm³/mol. The molecule has 0 amide bonds. The van der Waals surface area contributed by atoms with Crippen LogP contribution < -0.4 is 0 Å². The summed E-state index contributed by atoms with van der Waals surface area (Å²) in [6, 6.07) is 31.8. The van der Waals surface area contributed by atoms with Crippen LogP contribution in [0, 0.1) is 17.8 Å². The van der Waals surface area contributed by atoms with Crippen LogP contribution in [0.25, 0.3) is 0 Å². The highest BCUT2D eigenvalue weighted by molar-refractivity contribution is 6.75. The summed E-state index contributed by atoms with van der Waals surface area (Å²) in [5.41, 5.74) is 2.48. The van der Waals surface area contributed by atoms with Crippen LogP contribution in [-0.2, 0) is 23.6 Å². The monoisotopic (exact) mass is 915 g/mol. The number of rotatable bonds is 23. The first-order valence-electron chi connectivity index (χ1n) is 23.9. The number of aliphatic hydroxyl groups is 1. The molecule has 0 aromatic heterocycles. The van der Waals surface area contributed by atoms with E-state index in [4.69, 9.17) is 18.0 Å². The molecule has 0 spiro atoms. The van der Waals surface area contributed by atoms with Crippen LogP contribution in [0.5, 0.6) is 0 Å². The van der Waals surface area contributed by atoms with Gasteiger partial charge in [0.15, 0.2) is 25.0 Å². The lowest BCUT2D eigenvalue weighted by molar-refractivity contribution is 0.0314. The van der Waals surface area contributed by atoms with Crippen LogP contribution in [0.4, 0.5) is 0 Å². The van der Waals surface area contributed by atoms with Gasteiger partial charge in [0.25, 0.3) is 0 Å². The van der Waals surface area contributed by atoms with E-state index in [1.54, 1.807) is 0 Å². The summed E-state index contributed by atoms with van der Waals surface area (Å²) in [5, 5.41) is 9.94. The Labute approximate surface area is 389 Å². The van der Waals surface area contributed by atoms with E-state index in [2.05, 4.69) is 238 Å². The molecule has 3 rings (SSSR count). The molecule has 63 heavy (non-hydrogen) atoms. The van der Waals surface area contributed by atoms with Crippen molar-refractivity contribution in [3.8, 4) is 0 Å². The van der Waals surface area contributed by atoms with Gasteiger partial charge < -0.3 is 23.1 Å². The van der Waals surface area contributed by atoms with Crippen LogP contribution >= 0.6 is 0 Å². The van der Waals surface area contributed by atoms with Gasteiger partial charge in [0.1, 0.15) is 5.60 Å². The van der Waals surface area contributed by atoms with E-state index in [9.17, 15) is 5.11 Å². The van der Waals surface area contributed by atoms with Crippen molar-refractivity contribution in [3.63, 3.8) is 0 Å². The highest BCUT2D eigenvalue weighted by Gasteiger charge is 2.44. The van der Waals surface area contributed by atoms with Gasteiger partial charge in [-0.25, -0.2) is 0 Å². The molecule has 0 heterocycles. The molecule has 5 nitrogen and oxygen atoms in total. The summed E-state index contributed by atoms with van der Waals surface area (Å²) in [6.45, 7) is 42.6. The van der Waals surface area contributed by atoms with Crippen LogP contribution in [-0.4, -0.2) is 61.6 Å². The van der Waals surface area contributed by atoms with Crippen LogP contribution in [0.3, 0.4) is 0 Å². The molecule has 0 aliphatic carbocycles. The first-order chi connectivity index (χ1) is 29.1.